The van der Waals surface area contributed by atoms with Crippen LogP contribution in [0, 0.1) is 6.92 Å². The van der Waals surface area contributed by atoms with E-state index in [-0.39, 0.29) is 18.0 Å². The number of benzene rings is 2. The fourth-order valence-electron chi connectivity index (χ4n) is 4.02. The standard InChI is InChI=1S/C24H26N2O3/c1-17-6-5-7-19(14-17)16-29-21-12-10-18(11-13-21)15-22-23(27)26(24(28)25-22)20-8-3-2-4-9-20/h5-7,10-15,20H,2-4,8-9,16H2,1H3,(H,25,28)/b22-15-. The Morgan fingerprint density at radius 2 is 1.83 bits per heavy atom. The number of imide groups is 1. The van der Waals surface area contributed by atoms with E-state index < -0.39 is 0 Å². The van der Waals surface area contributed by atoms with Crippen molar-refractivity contribution < 1.29 is 14.3 Å². The van der Waals surface area contributed by atoms with Gasteiger partial charge in [0.15, 0.2) is 0 Å². The van der Waals surface area contributed by atoms with Crippen molar-refractivity contribution >= 4 is 18.0 Å². The van der Waals surface area contributed by atoms with Gasteiger partial charge in [-0.1, -0.05) is 61.2 Å². The van der Waals surface area contributed by atoms with Crippen LogP contribution in [0.3, 0.4) is 0 Å². The molecule has 2 aliphatic rings. The topological polar surface area (TPSA) is 58.6 Å². The van der Waals surface area contributed by atoms with E-state index in [0.717, 1.165) is 42.6 Å². The van der Waals surface area contributed by atoms with Gasteiger partial charge in [-0.05, 0) is 49.1 Å². The summed E-state index contributed by atoms with van der Waals surface area (Å²) in [6.45, 7) is 2.57. The minimum absolute atomic E-state index is 0.0274. The van der Waals surface area contributed by atoms with Crippen molar-refractivity contribution in [1.29, 1.82) is 0 Å². The lowest BCUT2D eigenvalue weighted by Gasteiger charge is -2.28. The summed E-state index contributed by atoms with van der Waals surface area (Å²) >= 11 is 0. The molecule has 2 aromatic carbocycles. The second kappa shape index (κ2) is 8.52. The molecule has 2 fully saturated rings. The van der Waals surface area contributed by atoms with Crippen LogP contribution < -0.4 is 10.1 Å². The van der Waals surface area contributed by atoms with Gasteiger partial charge in [0.1, 0.15) is 18.1 Å². The number of amides is 3. The van der Waals surface area contributed by atoms with E-state index >= 15 is 0 Å². The lowest BCUT2D eigenvalue weighted by Crippen LogP contribution is -2.41. The summed E-state index contributed by atoms with van der Waals surface area (Å²) in [5, 5.41) is 2.73. The van der Waals surface area contributed by atoms with Crippen LogP contribution in [0.5, 0.6) is 5.75 Å². The molecule has 0 spiro atoms. The molecule has 2 aromatic rings. The normalized spacial score (nSPS) is 18.9. The summed E-state index contributed by atoms with van der Waals surface area (Å²) in [5.41, 5.74) is 3.52. The molecule has 29 heavy (non-hydrogen) atoms. The number of carbonyl (C=O) groups excluding carboxylic acids is 2. The number of hydrogen-bond acceptors (Lipinski definition) is 3. The van der Waals surface area contributed by atoms with Gasteiger partial charge in [0, 0.05) is 6.04 Å². The molecule has 5 nitrogen and oxygen atoms in total. The number of nitrogens with one attached hydrogen (secondary N) is 1. The minimum Gasteiger partial charge on any atom is -0.489 e. The molecule has 150 valence electrons. The van der Waals surface area contributed by atoms with Crippen LogP contribution in [0.25, 0.3) is 6.08 Å². The largest absolute Gasteiger partial charge is 0.489 e. The first-order valence-electron chi connectivity index (χ1n) is 10.2. The Balaban J connectivity index is 1.40. The third kappa shape index (κ3) is 4.50. The van der Waals surface area contributed by atoms with Crippen molar-refractivity contribution in [3.63, 3.8) is 0 Å². The van der Waals surface area contributed by atoms with Gasteiger partial charge in [-0.25, -0.2) is 4.79 Å². The van der Waals surface area contributed by atoms with E-state index in [2.05, 4.69) is 24.4 Å². The zero-order valence-electron chi connectivity index (χ0n) is 16.7. The van der Waals surface area contributed by atoms with E-state index in [1.807, 2.05) is 36.4 Å². The average Bonchev–Trinajstić information content (AvgIpc) is 3.01. The van der Waals surface area contributed by atoms with Crippen molar-refractivity contribution in [3.05, 3.63) is 70.9 Å². The van der Waals surface area contributed by atoms with Crippen LogP contribution in [0.2, 0.25) is 0 Å². The molecule has 0 unspecified atom stereocenters. The zero-order valence-corrected chi connectivity index (χ0v) is 16.7. The quantitative estimate of drug-likeness (QED) is 0.589. The highest BCUT2D eigenvalue weighted by Gasteiger charge is 2.38. The van der Waals surface area contributed by atoms with E-state index in [0.29, 0.717) is 12.3 Å². The third-order valence-corrected chi connectivity index (χ3v) is 5.53. The van der Waals surface area contributed by atoms with Crippen LogP contribution >= 0.6 is 0 Å². The SMILES string of the molecule is Cc1cccc(COc2ccc(/C=C3\NC(=O)N(C4CCCCC4)C3=O)cc2)c1. The van der Waals surface area contributed by atoms with Gasteiger partial charge < -0.3 is 10.1 Å². The summed E-state index contributed by atoms with van der Waals surface area (Å²) < 4.78 is 5.84. The lowest BCUT2D eigenvalue weighted by atomic mass is 9.94. The summed E-state index contributed by atoms with van der Waals surface area (Å²) in [7, 11) is 0. The van der Waals surface area contributed by atoms with Gasteiger partial charge in [-0.2, -0.15) is 0 Å². The monoisotopic (exact) mass is 390 g/mol. The molecule has 0 aromatic heterocycles. The van der Waals surface area contributed by atoms with Crippen LogP contribution in [0.4, 0.5) is 4.79 Å². The Labute approximate surface area is 171 Å². The van der Waals surface area contributed by atoms with Gasteiger partial charge in [0.05, 0.1) is 0 Å². The fourth-order valence-corrected chi connectivity index (χ4v) is 4.02. The maximum Gasteiger partial charge on any atom is 0.329 e. The Hall–Kier alpha value is -3.08. The molecule has 0 radical (unpaired) electrons. The van der Waals surface area contributed by atoms with Crippen molar-refractivity contribution in [2.45, 2.75) is 51.7 Å². The summed E-state index contributed by atoms with van der Waals surface area (Å²) in [4.78, 5) is 26.4. The maximum absolute atomic E-state index is 12.7. The Kier molecular flexibility index (Phi) is 5.65. The Morgan fingerprint density at radius 1 is 1.07 bits per heavy atom. The zero-order chi connectivity index (χ0) is 20.2. The molecule has 4 rings (SSSR count). The van der Waals surface area contributed by atoms with Crippen LogP contribution in [0.15, 0.2) is 54.2 Å². The first kappa shape index (κ1) is 19.2. The van der Waals surface area contributed by atoms with Gasteiger partial charge in [-0.3, -0.25) is 9.69 Å². The highest BCUT2D eigenvalue weighted by molar-refractivity contribution is 6.14. The van der Waals surface area contributed by atoms with E-state index in [9.17, 15) is 9.59 Å². The molecule has 1 saturated heterocycles. The minimum atomic E-state index is -0.300. The number of aryl methyl sites for hydroxylation is 1. The second-order valence-corrected chi connectivity index (χ2v) is 7.80. The lowest BCUT2D eigenvalue weighted by molar-refractivity contribution is -0.124. The van der Waals surface area contributed by atoms with Gasteiger partial charge in [-0.15, -0.1) is 0 Å². The molecule has 1 aliphatic heterocycles. The second-order valence-electron chi connectivity index (χ2n) is 7.80. The molecule has 0 atom stereocenters. The number of hydrogen-bond donors (Lipinski definition) is 1. The third-order valence-electron chi connectivity index (χ3n) is 5.53. The summed E-state index contributed by atoms with van der Waals surface area (Å²) in [6, 6.07) is 15.5. The molecule has 1 saturated carbocycles. The predicted octanol–water partition coefficient (Wildman–Crippen LogP) is 4.80. The molecule has 5 heteroatoms. The molecule has 1 heterocycles. The van der Waals surface area contributed by atoms with E-state index in [1.165, 1.54) is 16.9 Å². The number of carbonyl (C=O) groups is 2. The molecular formula is C24H26N2O3. The smallest absolute Gasteiger partial charge is 0.329 e. The molecule has 3 amide bonds. The number of nitrogens with zero attached hydrogens (tertiary/aromatic N) is 1. The van der Waals surface area contributed by atoms with Crippen molar-refractivity contribution in [3.8, 4) is 5.75 Å². The summed E-state index contributed by atoms with van der Waals surface area (Å²) in [6.07, 6.45) is 6.86. The summed E-state index contributed by atoms with van der Waals surface area (Å²) in [5.74, 6) is 0.543. The van der Waals surface area contributed by atoms with Crippen molar-refractivity contribution in [2.24, 2.45) is 0 Å². The molecule has 1 N–H and O–H groups in total. The van der Waals surface area contributed by atoms with Crippen LogP contribution in [-0.2, 0) is 11.4 Å². The van der Waals surface area contributed by atoms with E-state index in [4.69, 9.17) is 4.74 Å². The average molecular weight is 390 g/mol. The molecule has 1 aliphatic carbocycles. The maximum atomic E-state index is 12.7. The van der Waals surface area contributed by atoms with Gasteiger partial charge >= 0.3 is 6.03 Å². The van der Waals surface area contributed by atoms with Crippen molar-refractivity contribution in [1.82, 2.24) is 10.2 Å². The number of rotatable bonds is 5. The first-order chi connectivity index (χ1) is 14.1. The first-order valence-corrected chi connectivity index (χ1v) is 10.2. The van der Waals surface area contributed by atoms with Gasteiger partial charge in [0.25, 0.3) is 5.91 Å². The van der Waals surface area contributed by atoms with Crippen LogP contribution in [0.1, 0.15) is 48.8 Å². The van der Waals surface area contributed by atoms with Crippen molar-refractivity contribution in [2.75, 3.05) is 0 Å². The van der Waals surface area contributed by atoms with Gasteiger partial charge in [0.2, 0.25) is 0 Å². The predicted molar refractivity (Wildman–Crippen MR) is 112 cm³/mol. The fraction of sp³-hybridized carbons (Fsp3) is 0.333. The molecule has 0 bridgehead atoms. The van der Waals surface area contributed by atoms with E-state index in [1.54, 1.807) is 6.08 Å². The molecular weight excluding hydrogens is 364 g/mol. The van der Waals surface area contributed by atoms with Crippen LogP contribution in [-0.4, -0.2) is 22.9 Å². The number of ether oxygens (including phenoxy) is 1. The highest BCUT2D eigenvalue weighted by atomic mass is 16.5. The highest BCUT2D eigenvalue weighted by Crippen LogP contribution is 2.27. The Bertz CT molecular complexity index is 927. The Morgan fingerprint density at radius 3 is 2.55 bits per heavy atom. The number of urea groups is 1.